The predicted molar refractivity (Wildman–Crippen MR) is 78.9 cm³/mol. The van der Waals surface area contributed by atoms with E-state index >= 15 is 0 Å². The normalized spacial score (nSPS) is 10.8. The molecule has 1 heterocycles. The molecular weight excluding hydrogens is 264 g/mol. The Morgan fingerprint density at radius 2 is 2.32 bits per heavy atom. The molecule has 0 aliphatic heterocycles. The standard InChI is InChI=1S/C12H16N4O2S/c1-19-7-3-2-6-13-12-14-10-5-4-9(16(17)18)8-11(10)15-12/h4-5,8H,2-3,6-7H2,1H3,(H2,13,14,15). The fourth-order valence-electron chi connectivity index (χ4n) is 1.77. The van der Waals surface area contributed by atoms with Crippen LogP contribution in [0.1, 0.15) is 12.8 Å². The van der Waals surface area contributed by atoms with Gasteiger partial charge in [0.05, 0.1) is 16.0 Å². The summed E-state index contributed by atoms with van der Waals surface area (Å²) in [6.45, 7) is 0.850. The number of fused-ring (bicyclic) bond motifs is 1. The highest BCUT2D eigenvalue weighted by Gasteiger charge is 2.09. The average Bonchev–Trinajstić information content (AvgIpc) is 2.80. The minimum absolute atomic E-state index is 0.0719. The fourth-order valence-corrected chi connectivity index (χ4v) is 2.27. The smallest absolute Gasteiger partial charge is 0.271 e. The van der Waals surface area contributed by atoms with Gasteiger partial charge in [0.25, 0.3) is 5.69 Å². The van der Waals surface area contributed by atoms with Crippen LogP contribution in [0.3, 0.4) is 0 Å². The number of non-ortho nitro benzene ring substituents is 1. The molecule has 2 aromatic rings. The van der Waals surface area contributed by atoms with E-state index in [9.17, 15) is 10.1 Å². The van der Waals surface area contributed by atoms with Crippen LogP contribution in [0.25, 0.3) is 11.0 Å². The number of nitro benzene ring substituents is 1. The van der Waals surface area contributed by atoms with Crippen molar-refractivity contribution in [1.82, 2.24) is 9.97 Å². The van der Waals surface area contributed by atoms with E-state index in [1.54, 1.807) is 6.07 Å². The van der Waals surface area contributed by atoms with Crippen LogP contribution in [0.4, 0.5) is 11.6 Å². The number of hydrogen-bond acceptors (Lipinski definition) is 5. The zero-order valence-corrected chi connectivity index (χ0v) is 11.5. The number of nitro groups is 1. The molecule has 1 aromatic heterocycles. The fraction of sp³-hybridized carbons (Fsp3) is 0.417. The molecule has 2 N–H and O–H groups in total. The first kappa shape index (κ1) is 13.7. The maximum Gasteiger partial charge on any atom is 0.271 e. The SMILES string of the molecule is CSCCCCNc1nc2ccc([N+](=O)[O-])cc2[nH]1. The molecule has 0 saturated heterocycles. The summed E-state index contributed by atoms with van der Waals surface area (Å²) in [6, 6.07) is 4.62. The lowest BCUT2D eigenvalue weighted by Gasteiger charge is -2.01. The first-order chi connectivity index (χ1) is 9.20. The number of nitrogens with zero attached hydrogens (tertiary/aromatic N) is 2. The van der Waals surface area contributed by atoms with Gasteiger partial charge in [-0.25, -0.2) is 4.98 Å². The van der Waals surface area contributed by atoms with Gasteiger partial charge in [0.2, 0.25) is 5.95 Å². The number of benzene rings is 1. The number of H-pyrrole nitrogens is 1. The van der Waals surface area contributed by atoms with Crippen molar-refractivity contribution in [3.63, 3.8) is 0 Å². The summed E-state index contributed by atoms with van der Waals surface area (Å²) in [5.74, 6) is 1.83. The zero-order valence-electron chi connectivity index (χ0n) is 10.7. The number of hydrogen-bond donors (Lipinski definition) is 2. The summed E-state index contributed by atoms with van der Waals surface area (Å²) in [5, 5.41) is 13.9. The van der Waals surface area contributed by atoms with Crippen molar-refractivity contribution in [3.8, 4) is 0 Å². The summed E-state index contributed by atoms with van der Waals surface area (Å²) in [5.41, 5.74) is 1.49. The van der Waals surface area contributed by atoms with Crippen molar-refractivity contribution in [2.75, 3.05) is 23.9 Å². The second-order valence-electron chi connectivity index (χ2n) is 4.17. The van der Waals surface area contributed by atoms with Gasteiger partial charge in [0.15, 0.2) is 0 Å². The highest BCUT2D eigenvalue weighted by molar-refractivity contribution is 7.98. The Hall–Kier alpha value is -1.76. The summed E-state index contributed by atoms with van der Waals surface area (Å²) in [7, 11) is 0. The third kappa shape index (κ3) is 3.60. The highest BCUT2D eigenvalue weighted by atomic mass is 32.2. The topological polar surface area (TPSA) is 83.8 Å². The van der Waals surface area contributed by atoms with Gasteiger partial charge in [-0.3, -0.25) is 10.1 Å². The Labute approximate surface area is 115 Å². The quantitative estimate of drug-likeness (QED) is 0.462. The number of imidazole rings is 1. The van der Waals surface area contributed by atoms with Gasteiger partial charge in [0.1, 0.15) is 0 Å². The molecule has 1 aromatic carbocycles. The van der Waals surface area contributed by atoms with Crippen LogP contribution in [-0.4, -0.2) is 33.4 Å². The third-order valence-corrected chi connectivity index (χ3v) is 3.44. The number of nitrogens with one attached hydrogen (secondary N) is 2. The van der Waals surface area contributed by atoms with Gasteiger partial charge in [-0.05, 0) is 30.9 Å². The molecule has 0 bridgehead atoms. The van der Waals surface area contributed by atoms with Crippen molar-refractivity contribution in [2.45, 2.75) is 12.8 Å². The Morgan fingerprint density at radius 1 is 1.47 bits per heavy atom. The van der Waals surface area contributed by atoms with E-state index in [-0.39, 0.29) is 5.69 Å². The summed E-state index contributed by atoms with van der Waals surface area (Å²) in [4.78, 5) is 17.7. The molecule has 0 amide bonds. The van der Waals surface area contributed by atoms with Crippen LogP contribution in [0.2, 0.25) is 0 Å². The summed E-state index contributed by atoms with van der Waals surface area (Å²) < 4.78 is 0. The van der Waals surface area contributed by atoms with Gasteiger partial charge < -0.3 is 10.3 Å². The third-order valence-electron chi connectivity index (χ3n) is 2.74. The van der Waals surface area contributed by atoms with Crippen LogP contribution in [0, 0.1) is 10.1 Å². The predicted octanol–water partition coefficient (Wildman–Crippen LogP) is 3.03. The van der Waals surface area contributed by atoms with Crippen LogP contribution in [0.15, 0.2) is 18.2 Å². The Morgan fingerprint density at radius 3 is 3.05 bits per heavy atom. The summed E-state index contributed by atoms with van der Waals surface area (Å²) in [6.07, 6.45) is 4.34. The van der Waals surface area contributed by atoms with Crippen molar-refractivity contribution >= 4 is 34.4 Å². The molecule has 0 saturated carbocycles. The maximum absolute atomic E-state index is 10.7. The van der Waals surface area contributed by atoms with Gasteiger partial charge in [-0.15, -0.1) is 0 Å². The number of rotatable bonds is 7. The molecule has 0 radical (unpaired) electrons. The van der Waals surface area contributed by atoms with Gasteiger partial charge in [-0.1, -0.05) is 0 Å². The van der Waals surface area contributed by atoms with Crippen molar-refractivity contribution in [2.24, 2.45) is 0 Å². The van der Waals surface area contributed by atoms with Crippen LogP contribution >= 0.6 is 11.8 Å². The van der Waals surface area contributed by atoms with Gasteiger partial charge in [0, 0.05) is 18.7 Å². The molecule has 2 rings (SSSR count). The van der Waals surface area contributed by atoms with Crippen molar-refractivity contribution in [3.05, 3.63) is 28.3 Å². The Bertz CT molecular complexity index is 570. The second-order valence-corrected chi connectivity index (χ2v) is 5.16. The van der Waals surface area contributed by atoms with Gasteiger partial charge in [-0.2, -0.15) is 11.8 Å². The molecule has 0 unspecified atom stereocenters. The Balaban J connectivity index is 1.99. The second kappa shape index (κ2) is 6.42. The van der Waals surface area contributed by atoms with E-state index in [2.05, 4.69) is 21.5 Å². The number of aromatic nitrogens is 2. The first-order valence-corrected chi connectivity index (χ1v) is 7.47. The van der Waals surface area contributed by atoms with Crippen LogP contribution in [0.5, 0.6) is 0 Å². The van der Waals surface area contributed by atoms with E-state index in [4.69, 9.17) is 0 Å². The number of thioether (sulfide) groups is 1. The molecule has 6 nitrogen and oxygen atoms in total. The molecular formula is C12H16N4O2S. The van der Waals surface area contributed by atoms with E-state index in [1.165, 1.54) is 18.6 Å². The highest BCUT2D eigenvalue weighted by Crippen LogP contribution is 2.20. The van der Waals surface area contributed by atoms with Crippen LogP contribution < -0.4 is 5.32 Å². The lowest BCUT2D eigenvalue weighted by Crippen LogP contribution is -2.03. The Kier molecular flexibility index (Phi) is 4.62. The molecule has 0 atom stereocenters. The monoisotopic (exact) mass is 280 g/mol. The minimum atomic E-state index is -0.407. The largest absolute Gasteiger partial charge is 0.356 e. The average molecular weight is 280 g/mol. The molecule has 102 valence electrons. The van der Waals surface area contributed by atoms with E-state index in [0.29, 0.717) is 11.5 Å². The molecule has 0 aliphatic carbocycles. The molecule has 0 aliphatic rings. The number of anilines is 1. The van der Waals surface area contributed by atoms with Gasteiger partial charge >= 0.3 is 0 Å². The minimum Gasteiger partial charge on any atom is -0.356 e. The van der Waals surface area contributed by atoms with Crippen LogP contribution in [-0.2, 0) is 0 Å². The lowest BCUT2D eigenvalue weighted by molar-refractivity contribution is -0.384. The maximum atomic E-state index is 10.7. The van der Waals surface area contributed by atoms with E-state index < -0.39 is 4.92 Å². The zero-order chi connectivity index (χ0) is 13.7. The number of unbranched alkanes of at least 4 members (excludes halogenated alkanes) is 1. The number of aromatic amines is 1. The van der Waals surface area contributed by atoms with E-state index in [1.807, 2.05) is 11.8 Å². The van der Waals surface area contributed by atoms with Crippen molar-refractivity contribution in [1.29, 1.82) is 0 Å². The molecule has 0 fully saturated rings. The molecule has 7 heteroatoms. The lowest BCUT2D eigenvalue weighted by atomic mass is 10.3. The summed E-state index contributed by atoms with van der Waals surface area (Å²) >= 11 is 1.84. The molecule has 0 spiro atoms. The first-order valence-electron chi connectivity index (χ1n) is 6.07. The van der Waals surface area contributed by atoms with E-state index in [0.717, 1.165) is 24.2 Å². The van der Waals surface area contributed by atoms with Crippen molar-refractivity contribution < 1.29 is 4.92 Å². The molecule has 19 heavy (non-hydrogen) atoms.